The van der Waals surface area contributed by atoms with E-state index in [0.29, 0.717) is 11.9 Å². The van der Waals surface area contributed by atoms with Gasteiger partial charge in [-0.1, -0.05) is 128 Å². The molecule has 3 aliphatic rings. The zero-order valence-corrected chi connectivity index (χ0v) is 21.3. The maximum absolute atomic E-state index is 12.8. The van der Waals surface area contributed by atoms with Crippen molar-refractivity contribution >= 4 is 20.4 Å². The Morgan fingerprint density at radius 2 is 1.03 bits per heavy atom. The molecule has 0 aromatic carbocycles. The third kappa shape index (κ3) is 9.84. The summed E-state index contributed by atoms with van der Waals surface area (Å²) in [6, 6.07) is 0.424. The quantitative estimate of drug-likeness (QED) is 0.427. The number of hydrogen-bond acceptors (Lipinski definition) is 1. The fourth-order valence-corrected chi connectivity index (χ4v) is 6.93. The van der Waals surface area contributed by atoms with Crippen LogP contribution in [0.3, 0.4) is 0 Å². The molecule has 4 heteroatoms. The zero-order valence-electron chi connectivity index (χ0n) is 21.3. The summed E-state index contributed by atoms with van der Waals surface area (Å²) < 4.78 is 0. The van der Waals surface area contributed by atoms with Crippen LogP contribution in [-0.2, 0) is 0 Å². The van der Waals surface area contributed by atoms with Gasteiger partial charge in [-0.25, -0.2) is 0 Å². The Balaban J connectivity index is 1.37. The van der Waals surface area contributed by atoms with Gasteiger partial charge in [0.25, 0.3) is 0 Å². The number of hydrogen-bond donors (Lipinski definition) is 1. The second-order valence-corrected chi connectivity index (χ2v) is 11.5. The first kappa shape index (κ1) is 26.2. The zero-order chi connectivity index (χ0) is 22.4. The Morgan fingerprint density at radius 1 is 0.562 bits per heavy atom. The lowest BCUT2D eigenvalue weighted by Gasteiger charge is -2.35. The van der Waals surface area contributed by atoms with Crippen LogP contribution < -0.4 is 5.32 Å². The van der Waals surface area contributed by atoms with Gasteiger partial charge in [0.05, 0.1) is 0 Å². The van der Waals surface area contributed by atoms with Crippen LogP contribution in [0.5, 0.6) is 0 Å². The molecule has 2 unspecified atom stereocenters. The highest BCUT2D eigenvalue weighted by atomic mass is 16.1. The molecule has 3 fully saturated rings. The van der Waals surface area contributed by atoms with Crippen molar-refractivity contribution in [2.45, 2.75) is 159 Å². The van der Waals surface area contributed by atoms with Crippen LogP contribution in [0.1, 0.15) is 135 Å². The Bertz CT molecular complexity index is 496. The normalized spacial score (nSPS) is 32.4. The van der Waals surface area contributed by atoms with Crippen molar-refractivity contribution in [1.82, 2.24) is 5.32 Å². The maximum atomic E-state index is 12.8. The highest BCUT2D eigenvalue weighted by Gasteiger charge is 2.29. The Hall–Kier alpha value is -0.400. The van der Waals surface area contributed by atoms with E-state index >= 15 is 0 Å². The lowest BCUT2D eigenvalue weighted by Crippen LogP contribution is -2.41. The summed E-state index contributed by atoms with van der Waals surface area (Å²) in [5.74, 6) is 3.46. The molecule has 1 N–H and O–H groups in total. The number of amides is 1. The van der Waals surface area contributed by atoms with E-state index in [1.165, 1.54) is 135 Å². The molecule has 180 valence electrons. The number of carbonyl (C=O) groups is 1. The van der Waals surface area contributed by atoms with Crippen molar-refractivity contribution in [3.63, 3.8) is 0 Å². The van der Waals surface area contributed by atoms with E-state index < -0.39 is 0 Å². The van der Waals surface area contributed by atoms with Crippen molar-refractivity contribution < 1.29 is 4.79 Å². The van der Waals surface area contributed by atoms with E-state index in [2.05, 4.69) is 26.7 Å². The van der Waals surface area contributed by atoms with Crippen LogP contribution in [0.25, 0.3) is 0 Å². The average molecular weight is 439 g/mol. The highest BCUT2D eigenvalue weighted by Crippen LogP contribution is 2.38. The van der Waals surface area contributed by atoms with Gasteiger partial charge in [0.15, 0.2) is 5.81 Å². The van der Waals surface area contributed by atoms with Crippen LogP contribution >= 0.6 is 0 Å². The van der Waals surface area contributed by atoms with E-state index in [9.17, 15) is 4.79 Å². The second-order valence-electron chi connectivity index (χ2n) is 11.5. The van der Waals surface area contributed by atoms with Gasteiger partial charge < -0.3 is 5.32 Å². The minimum absolute atomic E-state index is 0.232. The second kappa shape index (κ2) is 15.5. The molecule has 2 nitrogen and oxygen atoms in total. The molecule has 2 atom stereocenters. The van der Waals surface area contributed by atoms with Gasteiger partial charge in [0.2, 0.25) is 7.28 Å². The Kier molecular flexibility index (Phi) is 12.7. The topological polar surface area (TPSA) is 29.1 Å². The molecule has 3 saturated carbocycles. The molecule has 3 aliphatic carbocycles. The van der Waals surface area contributed by atoms with Crippen LogP contribution in [0.2, 0.25) is 18.5 Å². The van der Waals surface area contributed by atoms with Crippen LogP contribution in [0, 0.1) is 11.8 Å². The third-order valence-electron chi connectivity index (χ3n) is 9.09. The van der Waals surface area contributed by atoms with E-state index in [-0.39, 0.29) is 5.81 Å². The van der Waals surface area contributed by atoms with Crippen molar-refractivity contribution in [2.75, 3.05) is 0 Å². The lowest BCUT2D eigenvalue weighted by molar-refractivity contribution is 0.190. The molecule has 0 aromatic rings. The summed E-state index contributed by atoms with van der Waals surface area (Å²) in [5, 5.41) is 3.41. The number of carbonyl (C=O) groups excluding carboxylic acids is 1. The van der Waals surface area contributed by atoms with E-state index in [0.717, 1.165) is 17.7 Å². The molecule has 1 amide bonds. The summed E-state index contributed by atoms with van der Waals surface area (Å²) in [6.45, 7) is 2.26. The van der Waals surface area contributed by atoms with Gasteiger partial charge in [-0.15, -0.1) is 0 Å². The molecular weight excluding hydrogens is 388 g/mol. The first-order chi connectivity index (χ1) is 15.7. The molecule has 0 aromatic heterocycles. The predicted octanol–water partition coefficient (Wildman–Crippen LogP) is 8.56. The van der Waals surface area contributed by atoms with Crippen molar-refractivity contribution in [2.24, 2.45) is 11.8 Å². The Labute approximate surface area is 201 Å². The monoisotopic (exact) mass is 439 g/mol. The highest BCUT2D eigenvalue weighted by molar-refractivity contribution is 6.74. The fraction of sp³-hybridized carbons (Fsp3) is 0.964. The van der Waals surface area contributed by atoms with Crippen molar-refractivity contribution in [3.05, 3.63) is 0 Å². The largest absolute Gasteiger partial charge is 0.363 e. The predicted molar refractivity (Wildman–Crippen MR) is 141 cm³/mol. The Morgan fingerprint density at radius 3 is 1.69 bits per heavy atom. The van der Waals surface area contributed by atoms with Crippen LogP contribution in [0.4, 0.5) is 4.79 Å². The molecule has 0 aliphatic heterocycles. The van der Waals surface area contributed by atoms with Gasteiger partial charge in [-0.05, 0) is 37.5 Å². The fourth-order valence-electron chi connectivity index (χ4n) is 6.93. The first-order valence-corrected chi connectivity index (χ1v) is 14.7. The third-order valence-corrected chi connectivity index (χ3v) is 9.09. The summed E-state index contributed by atoms with van der Waals surface area (Å²) in [7, 11) is 4.53. The van der Waals surface area contributed by atoms with Gasteiger partial charge >= 0.3 is 0 Å². The number of rotatable bonds is 5. The SMILES string of the molecule is C[B]C1CCCCCC(C2CCC(NC(=O)[B]C3CCCCCCCCC3)CC2)CCC1. The minimum Gasteiger partial charge on any atom is -0.363 e. The molecule has 32 heavy (non-hydrogen) atoms. The lowest BCUT2D eigenvalue weighted by atomic mass is 9.59. The van der Waals surface area contributed by atoms with Crippen molar-refractivity contribution in [3.8, 4) is 0 Å². The van der Waals surface area contributed by atoms with Crippen molar-refractivity contribution in [1.29, 1.82) is 0 Å². The van der Waals surface area contributed by atoms with Gasteiger partial charge in [-0.3, -0.25) is 4.79 Å². The van der Waals surface area contributed by atoms with Gasteiger partial charge in [0.1, 0.15) is 7.28 Å². The van der Waals surface area contributed by atoms with Crippen LogP contribution in [0.15, 0.2) is 0 Å². The number of nitrogens with one attached hydrogen (secondary N) is 1. The molecule has 0 bridgehead atoms. The standard InChI is InChI=1S/C28H51B2NO/c1-29-25-15-11-7-8-13-23(14-12-18-25)24-19-21-27(22-20-24)31-28(32)30-26-16-9-5-3-2-4-6-10-17-26/h23-27H,2-22H2,1H3,(H,31,32). The molecule has 3 rings (SSSR count). The van der Waals surface area contributed by atoms with E-state index in [1.807, 2.05) is 0 Å². The molecule has 2 radical (unpaired) electrons. The molecule has 0 heterocycles. The minimum atomic E-state index is 0.232. The molecule has 0 spiro atoms. The summed E-state index contributed by atoms with van der Waals surface area (Å²) in [5.41, 5.74) is 0. The van der Waals surface area contributed by atoms with Crippen LogP contribution in [-0.4, -0.2) is 26.4 Å². The summed E-state index contributed by atoms with van der Waals surface area (Å²) in [6.07, 6.45) is 28.5. The van der Waals surface area contributed by atoms with E-state index in [4.69, 9.17) is 0 Å². The molecule has 0 saturated heterocycles. The molecular formula is C28H51B2NO. The maximum Gasteiger partial charge on any atom is 0.236 e. The summed E-state index contributed by atoms with van der Waals surface area (Å²) in [4.78, 5) is 12.8. The van der Waals surface area contributed by atoms with Gasteiger partial charge in [-0.2, -0.15) is 0 Å². The average Bonchev–Trinajstić information content (AvgIpc) is 2.81. The van der Waals surface area contributed by atoms with E-state index in [1.54, 1.807) is 0 Å². The van der Waals surface area contributed by atoms with Gasteiger partial charge in [0, 0.05) is 6.04 Å². The first-order valence-electron chi connectivity index (χ1n) is 14.7. The summed E-state index contributed by atoms with van der Waals surface area (Å²) >= 11 is 0. The smallest absolute Gasteiger partial charge is 0.236 e.